The van der Waals surface area contributed by atoms with E-state index < -0.39 is 0 Å². The zero-order valence-corrected chi connectivity index (χ0v) is 10.9. The maximum absolute atomic E-state index is 8.34. The average molecular weight is 233 g/mol. The molecule has 0 atom stereocenters. The number of allylic oxidation sites excluding steroid dienone is 6. The second-order valence-electron chi connectivity index (χ2n) is 4.18. The van der Waals surface area contributed by atoms with Crippen molar-refractivity contribution >= 4 is 6.21 Å². The third-order valence-electron chi connectivity index (χ3n) is 2.51. The fraction of sp³-hybridized carbons (Fsp3) is 0.400. The van der Waals surface area contributed by atoms with E-state index in [0.717, 1.165) is 36.8 Å². The van der Waals surface area contributed by atoms with Crippen molar-refractivity contribution in [3.8, 4) is 0 Å². The lowest BCUT2D eigenvalue weighted by molar-refractivity contribution is 0.321. The van der Waals surface area contributed by atoms with E-state index in [0.29, 0.717) is 0 Å². The highest BCUT2D eigenvalue weighted by Crippen LogP contribution is 2.10. The van der Waals surface area contributed by atoms with Crippen LogP contribution in [0, 0.1) is 0 Å². The lowest BCUT2D eigenvalue weighted by Crippen LogP contribution is -1.81. The Morgan fingerprint density at radius 2 is 1.82 bits per heavy atom. The highest BCUT2D eigenvalue weighted by molar-refractivity contribution is 5.76. The van der Waals surface area contributed by atoms with Crippen LogP contribution in [0.2, 0.25) is 0 Å². The van der Waals surface area contributed by atoms with E-state index in [1.54, 1.807) is 0 Å². The van der Waals surface area contributed by atoms with Gasteiger partial charge in [0, 0.05) is 0 Å². The first-order valence-corrected chi connectivity index (χ1v) is 5.90. The minimum Gasteiger partial charge on any atom is -0.411 e. The van der Waals surface area contributed by atoms with Crippen molar-refractivity contribution in [2.24, 2.45) is 5.16 Å². The predicted octanol–water partition coefficient (Wildman–Crippen LogP) is 4.64. The van der Waals surface area contributed by atoms with Crippen molar-refractivity contribution in [2.75, 3.05) is 0 Å². The summed E-state index contributed by atoms with van der Waals surface area (Å²) in [7, 11) is 0. The van der Waals surface area contributed by atoms with Crippen LogP contribution in [0.1, 0.15) is 39.5 Å². The second kappa shape index (κ2) is 9.64. The van der Waals surface area contributed by atoms with Crippen LogP contribution in [0.3, 0.4) is 0 Å². The molecule has 0 radical (unpaired) electrons. The van der Waals surface area contributed by atoms with Crippen molar-refractivity contribution in [3.05, 3.63) is 48.1 Å². The molecule has 0 saturated carbocycles. The monoisotopic (exact) mass is 233 g/mol. The molecule has 1 N–H and O–H groups in total. The first-order valence-electron chi connectivity index (χ1n) is 5.90. The summed E-state index contributed by atoms with van der Waals surface area (Å²) in [4.78, 5) is 0. The Kier molecular flexibility index (Phi) is 8.75. The van der Waals surface area contributed by atoms with Gasteiger partial charge in [-0.2, -0.15) is 0 Å². The van der Waals surface area contributed by atoms with Crippen LogP contribution in [0.4, 0.5) is 0 Å². The molecule has 0 aliphatic rings. The summed E-state index contributed by atoms with van der Waals surface area (Å²) in [6.45, 7) is 11.6. The van der Waals surface area contributed by atoms with Gasteiger partial charge in [0.2, 0.25) is 0 Å². The number of rotatable bonds is 8. The molecule has 17 heavy (non-hydrogen) atoms. The lowest BCUT2D eigenvalue weighted by atomic mass is 10.1. The number of oxime groups is 1. The van der Waals surface area contributed by atoms with Gasteiger partial charge in [0.15, 0.2) is 0 Å². The minimum absolute atomic E-state index is 0.975. The average Bonchev–Trinajstić information content (AvgIpc) is 2.29. The molecule has 0 rings (SSSR count). The second-order valence-corrected chi connectivity index (χ2v) is 4.18. The van der Waals surface area contributed by atoms with E-state index in [-0.39, 0.29) is 0 Å². The van der Waals surface area contributed by atoms with Gasteiger partial charge in [0.1, 0.15) is 0 Å². The standard InChI is InChI=1S/C15H23NO/c1-5-13(2)8-6-9-14(3)10-7-11-15(4)12-16-17/h5,9,11-12,17H,1-2,6-8,10H2,3-4H3. The van der Waals surface area contributed by atoms with Gasteiger partial charge in [0.25, 0.3) is 0 Å². The summed E-state index contributed by atoms with van der Waals surface area (Å²) < 4.78 is 0. The smallest absolute Gasteiger partial charge is 0.0687 e. The Balaban J connectivity index is 3.89. The van der Waals surface area contributed by atoms with Crippen LogP contribution in [-0.2, 0) is 0 Å². The van der Waals surface area contributed by atoms with E-state index in [2.05, 4.69) is 37.4 Å². The van der Waals surface area contributed by atoms with E-state index in [9.17, 15) is 0 Å². The molecule has 94 valence electrons. The third-order valence-corrected chi connectivity index (χ3v) is 2.51. The Bertz CT molecular complexity index is 335. The summed E-state index contributed by atoms with van der Waals surface area (Å²) in [6.07, 6.45) is 11.6. The van der Waals surface area contributed by atoms with Gasteiger partial charge in [0.05, 0.1) is 6.21 Å². The molecule has 0 aliphatic heterocycles. The Morgan fingerprint density at radius 1 is 1.18 bits per heavy atom. The summed E-state index contributed by atoms with van der Waals surface area (Å²) in [6, 6.07) is 0. The highest BCUT2D eigenvalue weighted by Gasteiger charge is 1.91. The summed E-state index contributed by atoms with van der Waals surface area (Å²) >= 11 is 0. The minimum atomic E-state index is 0.975. The molecule has 0 aromatic rings. The van der Waals surface area contributed by atoms with Gasteiger partial charge in [-0.1, -0.05) is 47.7 Å². The molecule has 2 nitrogen and oxygen atoms in total. The topological polar surface area (TPSA) is 32.6 Å². The summed E-state index contributed by atoms with van der Waals surface area (Å²) in [5.74, 6) is 0. The highest BCUT2D eigenvalue weighted by atomic mass is 16.4. The molecule has 0 spiro atoms. The van der Waals surface area contributed by atoms with E-state index in [1.807, 2.05) is 13.0 Å². The van der Waals surface area contributed by atoms with Crippen molar-refractivity contribution < 1.29 is 5.21 Å². The zero-order valence-electron chi connectivity index (χ0n) is 10.9. The fourth-order valence-electron chi connectivity index (χ4n) is 1.38. The van der Waals surface area contributed by atoms with Gasteiger partial charge in [-0.05, 0) is 45.1 Å². The quantitative estimate of drug-likeness (QED) is 0.214. The summed E-state index contributed by atoms with van der Waals surface area (Å²) in [5, 5.41) is 11.3. The molecule has 0 aromatic carbocycles. The maximum Gasteiger partial charge on any atom is 0.0687 e. The molecule has 0 unspecified atom stereocenters. The van der Waals surface area contributed by atoms with Crippen molar-refractivity contribution in [3.63, 3.8) is 0 Å². The van der Waals surface area contributed by atoms with Gasteiger partial charge in [-0.15, -0.1) is 0 Å². The van der Waals surface area contributed by atoms with E-state index >= 15 is 0 Å². The van der Waals surface area contributed by atoms with Crippen molar-refractivity contribution in [1.82, 2.24) is 0 Å². The normalized spacial score (nSPS) is 13.1. The van der Waals surface area contributed by atoms with Crippen molar-refractivity contribution in [1.29, 1.82) is 0 Å². The number of hydrogen-bond donors (Lipinski definition) is 1. The Morgan fingerprint density at radius 3 is 2.41 bits per heavy atom. The third kappa shape index (κ3) is 9.36. The van der Waals surface area contributed by atoms with Crippen molar-refractivity contribution in [2.45, 2.75) is 39.5 Å². The molecule has 0 aromatic heterocycles. The van der Waals surface area contributed by atoms with Crippen LogP contribution in [-0.4, -0.2) is 11.4 Å². The van der Waals surface area contributed by atoms with E-state index in [4.69, 9.17) is 5.21 Å². The molecule has 0 aliphatic carbocycles. The molecule has 2 heteroatoms. The van der Waals surface area contributed by atoms with Gasteiger partial charge >= 0.3 is 0 Å². The number of hydrogen-bond acceptors (Lipinski definition) is 2. The van der Waals surface area contributed by atoms with E-state index in [1.165, 1.54) is 11.8 Å². The van der Waals surface area contributed by atoms with Crippen LogP contribution in [0.15, 0.2) is 53.3 Å². The lowest BCUT2D eigenvalue weighted by Gasteiger charge is -2.00. The van der Waals surface area contributed by atoms with Crippen LogP contribution in [0.25, 0.3) is 0 Å². The largest absolute Gasteiger partial charge is 0.411 e. The molecule has 0 bridgehead atoms. The number of nitrogens with zero attached hydrogens (tertiary/aromatic N) is 1. The molecular formula is C15H23NO. The molecule has 0 saturated heterocycles. The van der Waals surface area contributed by atoms with Crippen LogP contribution >= 0.6 is 0 Å². The Hall–Kier alpha value is -1.57. The zero-order chi connectivity index (χ0) is 13.1. The maximum atomic E-state index is 8.34. The first kappa shape index (κ1) is 15.4. The predicted molar refractivity (Wildman–Crippen MR) is 75.6 cm³/mol. The fourth-order valence-corrected chi connectivity index (χ4v) is 1.38. The SMILES string of the molecule is C=CC(=C)CCC=C(C)CCC=C(C)C=NO. The molecular weight excluding hydrogens is 210 g/mol. The van der Waals surface area contributed by atoms with Crippen LogP contribution < -0.4 is 0 Å². The Labute approximate surface area is 105 Å². The molecule has 0 amide bonds. The molecule has 0 heterocycles. The molecule has 0 fully saturated rings. The van der Waals surface area contributed by atoms with Crippen LogP contribution in [0.5, 0.6) is 0 Å². The summed E-state index contributed by atoms with van der Waals surface area (Å²) in [5.41, 5.74) is 3.45. The van der Waals surface area contributed by atoms with Gasteiger partial charge in [-0.3, -0.25) is 0 Å². The first-order chi connectivity index (χ1) is 8.10. The van der Waals surface area contributed by atoms with Gasteiger partial charge in [-0.25, -0.2) is 0 Å². The van der Waals surface area contributed by atoms with Gasteiger partial charge < -0.3 is 5.21 Å².